The number of rotatable bonds is 4. The predicted octanol–water partition coefficient (Wildman–Crippen LogP) is 1.60. The molecule has 1 heterocycles. The molecule has 0 aromatic heterocycles. The Hall–Kier alpha value is -0.390. The summed E-state index contributed by atoms with van der Waals surface area (Å²) in [6.07, 6.45) is 7.03. The molecule has 0 aromatic carbocycles. The Morgan fingerprint density at radius 3 is 2.79 bits per heavy atom. The van der Waals surface area contributed by atoms with Crippen LogP contribution in [-0.4, -0.2) is 45.2 Å². The molecule has 110 valence electrons. The lowest BCUT2D eigenvalue weighted by Gasteiger charge is -2.32. The molecular formula is C14H26N2O2S. The van der Waals surface area contributed by atoms with Gasteiger partial charge in [-0.05, 0) is 44.6 Å². The molecule has 0 unspecified atom stereocenters. The normalized spacial score (nSPS) is 33.4. The second-order valence-corrected chi connectivity index (χ2v) is 8.02. The topological polar surface area (TPSA) is 49.4 Å². The van der Waals surface area contributed by atoms with Crippen molar-refractivity contribution in [1.29, 1.82) is 0 Å². The molecule has 4 nitrogen and oxygen atoms in total. The SMILES string of the molecule is CC1=CCC[C@@H](C)[C@H]1CN1CC[C@@H](NS(C)(=O)=O)C1. The zero-order chi connectivity index (χ0) is 14.0. The van der Waals surface area contributed by atoms with E-state index in [0.717, 1.165) is 32.0 Å². The van der Waals surface area contributed by atoms with Gasteiger partial charge in [-0.15, -0.1) is 0 Å². The summed E-state index contributed by atoms with van der Waals surface area (Å²) in [6, 6.07) is 0.0955. The van der Waals surface area contributed by atoms with Crippen molar-refractivity contribution < 1.29 is 8.42 Å². The number of sulfonamides is 1. The number of hydrogen-bond donors (Lipinski definition) is 1. The van der Waals surface area contributed by atoms with Crippen LogP contribution in [0.4, 0.5) is 0 Å². The number of hydrogen-bond acceptors (Lipinski definition) is 3. The highest BCUT2D eigenvalue weighted by Crippen LogP contribution is 2.31. The predicted molar refractivity (Wildman–Crippen MR) is 78.5 cm³/mol. The van der Waals surface area contributed by atoms with Crippen molar-refractivity contribution in [2.45, 2.75) is 39.2 Å². The molecule has 0 saturated carbocycles. The second kappa shape index (κ2) is 5.94. The number of nitrogens with zero attached hydrogens (tertiary/aromatic N) is 1. The summed E-state index contributed by atoms with van der Waals surface area (Å²) < 4.78 is 25.2. The average Bonchev–Trinajstić information content (AvgIpc) is 2.69. The molecule has 0 bridgehead atoms. The van der Waals surface area contributed by atoms with Gasteiger partial charge in [0.05, 0.1) is 6.26 Å². The Balaban J connectivity index is 1.88. The molecule has 2 rings (SSSR count). The maximum Gasteiger partial charge on any atom is 0.208 e. The molecule has 1 aliphatic carbocycles. The quantitative estimate of drug-likeness (QED) is 0.799. The van der Waals surface area contributed by atoms with E-state index in [1.807, 2.05) is 0 Å². The molecule has 1 aliphatic heterocycles. The first-order valence-electron chi connectivity index (χ1n) is 7.21. The highest BCUT2D eigenvalue weighted by molar-refractivity contribution is 7.88. The molecule has 0 aromatic rings. The van der Waals surface area contributed by atoms with Crippen LogP contribution in [0.25, 0.3) is 0 Å². The average molecular weight is 286 g/mol. The first-order valence-corrected chi connectivity index (χ1v) is 9.10. The van der Waals surface area contributed by atoms with Gasteiger partial charge in [0, 0.05) is 19.1 Å². The highest BCUT2D eigenvalue weighted by Gasteiger charge is 2.29. The lowest BCUT2D eigenvalue weighted by Crippen LogP contribution is -2.38. The van der Waals surface area contributed by atoms with E-state index in [4.69, 9.17) is 0 Å². The fourth-order valence-electron chi connectivity index (χ4n) is 3.37. The summed E-state index contributed by atoms with van der Waals surface area (Å²) in [5, 5.41) is 0. The maximum absolute atomic E-state index is 11.2. The van der Waals surface area contributed by atoms with Crippen LogP contribution in [0, 0.1) is 11.8 Å². The van der Waals surface area contributed by atoms with Crippen LogP contribution in [0.3, 0.4) is 0 Å². The standard InChI is InChI=1S/C14H26N2O2S/c1-11-5-4-6-12(2)14(11)10-16-8-7-13(9-16)15-19(3,17)18/h5,12-15H,4,6-10H2,1-3H3/t12-,13-,14+/m1/s1. The van der Waals surface area contributed by atoms with Crippen LogP contribution in [0.1, 0.15) is 33.1 Å². The third-order valence-corrected chi connectivity index (χ3v) is 5.23. The second-order valence-electron chi connectivity index (χ2n) is 6.24. The molecular weight excluding hydrogens is 260 g/mol. The minimum Gasteiger partial charge on any atom is -0.301 e. The summed E-state index contributed by atoms with van der Waals surface area (Å²) >= 11 is 0. The van der Waals surface area contributed by atoms with Crippen LogP contribution in [0.15, 0.2) is 11.6 Å². The van der Waals surface area contributed by atoms with Gasteiger partial charge in [0.15, 0.2) is 0 Å². The Morgan fingerprint density at radius 1 is 1.42 bits per heavy atom. The van der Waals surface area contributed by atoms with Gasteiger partial charge in [-0.1, -0.05) is 18.6 Å². The summed E-state index contributed by atoms with van der Waals surface area (Å²) in [5.74, 6) is 1.39. The summed E-state index contributed by atoms with van der Waals surface area (Å²) in [7, 11) is -3.07. The summed E-state index contributed by atoms with van der Waals surface area (Å²) in [6.45, 7) is 7.50. The molecule has 0 radical (unpaired) electrons. The van der Waals surface area contributed by atoms with E-state index in [2.05, 4.69) is 29.5 Å². The van der Waals surface area contributed by atoms with Gasteiger partial charge in [-0.2, -0.15) is 0 Å². The van der Waals surface area contributed by atoms with E-state index in [1.54, 1.807) is 0 Å². The molecule has 1 N–H and O–H groups in total. The van der Waals surface area contributed by atoms with Gasteiger partial charge < -0.3 is 4.90 Å². The minimum absolute atomic E-state index is 0.0955. The highest BCUT2D eigenvalue weighted by atomic mass is 32.2. The third-order valence-electron chi connectivity index (χ3n) is 4.47. The van der Waals surface area contributed by atoms with E-state index in [1.165, 1.54) is 24.7 Å². The smallest absolute Gasteiger partial charge is 0.208 e. The first kappa shape index (κ1) is 15.0. The van der Waals surface area contributed by atoms with Gasteiger partial charge in [-0.3, -0.25) is 0 Å². The van der Waals surface area contributed by atoms with Crippen LogP contribution in [0.2, 0.25) is 0 Å². The Labute approximate surface area is 117 Å². The lowest BCUT2D eigenvalue weighted by atomic mass is 9.80. The lowest BCUT2D eigenvalue weighted by molar-refractivity contribution is 0.237. The molecule has 0 amide bonds. The van der Waals surface area contributed by atoms with Crippen molar-refractivity contribution in [3.8, 4) is 0 Å². The van der Waals surface area contributed by atoms with Crippen molar-refractivity contribution in [2.24, 2.45) is 11.8 Å². The molecule has 1 saturated heterocycles. The van der Waals surface area contributed by atoms with E-state index >= 15 is 0 Å². The van der Waals surface area contributed by atoms with Crippen molar-refractivity contribution in [3.05, 3.63) is 11.6 Å². The van der Waals surface area contributed by atoms with E-state index < -0.39 is 10.0 Å². The van der Waals surface area contributed by atoms with E-state index in [0.29, 0.717) is 5.92 Å². The third kappa shape index (κ3) is 4.29. The van der Waals surface area contributed by atoms with Crippen LogP contribution in [0.5, 0.6) is 0 Å². The van der Waals surface area contributed by atoms with Gasteiger partial charge in [-0.25, -0.2) is 13.1 Å². The molecule has 2 aliphatic rings. The fraction of sp³-hybridized carbons (Fsp3) is 0.857. The van der Waals surface area contributed by atoms with Gasteiger partial charge in [0.2, 0.25) is 10.0 Å². The zero-order valence-electron chi connectivity index (χ0n) is 12.2. The van der Waals surface area contributed by atoms with Crippen molar-refractivity contribution >= 4 is 10.0 Å². The summed E-state index contributed by atoms with van der Waals surface area (Å²) in [5.41, 5.74) is 1.51. The van der Waals surface area contributed by atoms with Gasteiger partial charge in [0.25, 0.3) is 0 Å². The minimum atomic E-state index is -3.07. The maximum atomic E-state index is 11.2. The van der Waals surface area contributed by atoms with E-state index in [9.17, 15) is 8.42 Å². The first-order chi connectivity index (χ1) is 8.85. The monoisotopic (exact) mass is 286 g/mol. The Kier molecular flexibility index (Phi) is 4.69. The van der Waals surface area contributed by atoms with E-state index in [-0.39, 0.29) is 6.04 Å². The van der Waals surface area contributed by atoms with Crippen LogP contribution >= 0.6 is 0 Å². The molecule has 19 heavy (non-hydrogen) atoms. The fourth-order valence-corrected chi connectivity index (χ4v) is 4.17. The molecule has 0 spiro atoms. The summed E-state index contributed by atoms with van der Waals surface area (Å²) in [4.78, 5) is 2.41. The zero-order valence-corrected chi connectivity index (χ0v) is 13.0. The number of likely N-dealkylation sites (tertiary alicyclic amines) is 1. The Bertz CT molecular complexity index is 444. The van der Waals surface area contributed by atoms with Crippen LogP contribution in [-0.2, 0) is 10.0 Å². The Morgan fingerprint density at radius 2 is 2.16 bits per heavy atom. The van der Waals surface area contributed by atoms with Crippen molar-refractivity contribution in [3.63, 3.8) is 0 Å². The van der Waals surface area contributed by atoms with Crippen molar-refractivity contribution in [2.75, 3.05) is 25.9 Å². The van der Waals surface area contributed by atoms with Gasteiger partial charge in [0.1, 0.15) is 0 Å². The number of nitrogens with one attached hydrogen (secondary N) is 1. The number of allylic oxidation sites excluding steroid dienone is 1. The van der Waals surface area contributed by atoms with Crippen molar-refractivity contribution in [1.82, 2.24) is 9.62 Å². The van der Waals surface area contributed by atoms with Gasteiger partial charge >= 0.3 is 0 Å². The molecule has 3 atom stereocenters. The largest absolute Gasteiger partial charge is 0.301 e. The molecule has 5 heteroatoms. The molecule has 1 fully saturated rings. The van der Waals surface area contributed by atoms with Crippen LogP contribution < -0.4 is 4.72 Å².